The van der Waals surface area contributed by atoms with Crippen LogP contribution >= 0.6 is 27.3 Å². The van der Waals surface area contributed by atoms with Crippen molar-refractivity contribution in [2.24, 2.45) is 0 Å². The minimum atomic E-state index is 0.623. The molecule has 1 aromatic carbocycles. The smallest absolute Gasteiger partial charge is 0.0992 e. The molecular weight excluding hydrogens is 260 g/mol. The number of anilines is 1. The van der Waals surface area contributed by atoms with E-state index in [4.69, 9.17) is 11.0 Å². The Morgan fingerprint density at radius 2 is 2.21 bits per heavy atom. The van der Waals surface area contributed by atoms with Gasteiger partial charge in [0.15, 0.2) is 0 Å². The number of nitrogens with two attached hydrogens (primary N) is 1. The summed E-state index contributed by atoms with van der Waals surface area (Å²) >= 11 is 5.06. The first-order valence-corrected chi connectivity index (χ1v) is 5.96. The highest BCUT2D eigenvalue weighted by Crippen LogP contribution is 2.32. The van der Waals surface area contributed by atoms with Gasteiger partial charge in [0.05, 0.1) is 11.6 Å². The van der Waals surface area contributed by atoms with E-state index in [1.807, 2.05) is 6.07 Å². The van der Waals surface area contributed by atoms with Crippen LogP contribution in [0.15, 0.2) is 18.2 Å². The van der Waals surface area contributed by atoms with E-state index in [-0.39, 0.29) is 0 Å². The van der Waals surface area contributed by atoms with Crippen molar-refractivity contribution < 1.29 is 0 Å². The maximum atomic E-state index is 8.78. The lowest BCUT2D eigenvalue weighted by Gasteiger charge is -1.95. The lowest BCUT2D eigenvalue weighted by molar-refractivity contribution is 1.50. The van der Waals surface area contributed by atoms with E-state index in [1.54, 1.807) is 17.4 Å². The van der Waals surface area contributed by atoms with Crippen LogP contribution < -0.4 is 5.73 Å². The number of thiophene rings is 1. The summed E-state index contributed by atoms with van der Waals surface area (Å²) in [6.45, 7) is 0. The number of nitrogen functional groups attached to an aromatic ring is 1. The molecule has 0 aliphatic heterocycles. The van der Waals surface area contributed by atoms with E-state index in [2.05, 4.69) is 28.1 Å². The average molecular weight is 267 g/mol. The minimum absolute atomic E-state index is 0.623. The zero-order valence-corrected chi connectivity index (χ0v) is 9.65. The minimum Gasteiger partial charge on any atom is -0.398 e. The predicted octanol–water partition coefficient (Wildman–Crippen LogP) is 3.25. The number of benzene rings is 1. The largest absolute Gasteiger partial charge is 0.398 e. The zero-order valence-electron chi connectivity index (χ0n) is 7.25. The molecule has 2 rings (SSSR count). The van der Waals surface area contributed by atoms with Crippen molar-refractivity contribution in [3.63, 3.8) is 0 Å². The van der Waals surface area contributed by atoms with Gasteiger partial charge in [-0.15, -0.1) is 11.3 Å². The molecule has 0 aliphatic rings. The zero-order chi connectivity index (χ0) is 10.1. The fourth-order valence-corrected chi connectivity index (χ4v) is 2.84. The molecule has 1 aromatic heterocycles. The molecule has 0 saturated heterocycles. The van der Waals surface area contributed by atoms with E-state index in [9.17, 15) is 0 Å². The number of fused-ring (bicyclic) bond motifs is 1. The first-order valence-electron chi connectivity index (χ1n) is 4.02. The highest BCUT2D eigenvalue weighted by atomic mass is 79.9. The van der Waals surface area contributed by atoms with Gasteiger partial charge < -0.3 is 5.73 Å². The summed E-state index contributed by atoms with van der Waals surface area (Å²) in [4.78, 5) is 1.22. The third-order valence-corrected chi connectivity index (χ3v) is 4.04. The van der Waals surface area contributed by atoms with Crippen molar-refractivity contribution in [2.45, 2.75) is 5.33 Å². The molecule has 2 nitrogen and oxygen atoms in total. The Balaban J connectivity index is 2.75. The van der Waals surface area contributed by atoms with Crippen molar-refractivity contribution in [3.05, 3.63) is 28.6 Å². The summed E-state index contributed by atoms with van der Waals surface area (Å²) in [5.74, 6) is 0. The van der Waals surface area contributed by atoms with Gasteiger partial charge in [-0.3, -0.25) is 0 Å². The number of nitriles is 1. The van der Waals surface area contributed by atoms with Gasteiger partial charge in [0.25, 0.3) is 0 Å². The van der Waals surface area contributed by atoms with Crippen molar-refractivity contribution >= 4 is 43.0 Å². The van der Waals surface area contributed by atoms with Crippen LogP contribution in [0.2, 0.25) is 0 Å². The standard InChI is InChI=1S/C10H7BrN2S/c11-4-7-3-8-9(13)1-6(5-12)2-10(8)14-7/h1-3H,4,13H2. The van der Waals surface area contributed by atoms with Gasteiger partial charge in [0.2, 0.25) is 0 Å². The number of nitrogens with zero attached hydrogens (tertiary/aromatic N) is 1. The van der Waals surface area contributed by atoms with Gasteiger partial charge in [0.1, 0.15) is 0 Å². The Bertz CT molecular complexity index is 525. The molecule has 2 aromatic rings. The van der Waals surface area contributed by atoms with Crippen LogP contribution in [-0.4, -0.2) is 0 Å². The second kappa shape index (κ2) is 3.60. The predicted molar refractivity (Wildman–Crippen MR) is 63.6 cm³/mol. The average Bonchev–Trinajstić information content (AvgIpc) is 2.61. The second-order valence-electron chi connectivity index (χ2n) is 2.94. The summed E-state index contributed by atoms with van der Waals surface area (Å²) in [6, 6.07) is 7.76. The summed E-state index contributed by atoms with van der Waals surface area (Å²) in [7, 11) is 0. The van der Waals surface area contributed by atoms with E-state index < -0.39 is 0 Å². The van der Waals surface area contributed by atoms with Crippen molar-refractivity contribution in [1.29, 1.82) is 5.26 Å². The lowest BCUT2D eigenvalue weighted by atomic mass is 10.1. The van der Waals surface area contributed by atoms with E-state index in [0.29, 0.717) is 11.3 Å². The summed E-state index contributed by atoms with van der Waals surface area (Å²) in [6.07, 6.45) is 0. The van der Waals surface area contributed by atoms with Gasteiger partial charge in [-0.05, 0) is 18.2 Å². The first kappa shape index (κ1) is 9.50. The fraction of sp³-hybridized carbons (Fsp3) is 0.100. The molecule has 70 valence electrons. The number of halogens is 1. The lowest BCUT2D eigenvalue weighted by Crippen LogP contribution is -1.86. The molecule has 0 bridgehead atoms. The monoisotopic (exact) mass is 266 g/mol. The molecule has 0 atom stereocenters. The Kier molecular flexibility index (Phi) is 2.44. The van der Waals surface area contributed by atoms with E-state index in [0.717, 1.165) is 15.4 Å². The molecule has 0 spiro atoms. The maximum Gasteiger partial charge on any atom is 0.0992 e. The molecule has 1 heterocycles. The van der Waals surface area contributed by atoms with Crippen LogP contribution in [0.25, 0.3) is 10.1 Å². The van der Waals surface area contributed by atoms with Crippen LogP contribution in [0, 0.1) is 11.3 Å². The summed E-state index contributed by atoms with van der Waals surface area (Å²) in [5, 5.41) is 10.6. The summed E-state index contributed by atoms with van der Waals surface area (Å²) < 4.78 is 1.08. The third-order valence-electron chi connectivity index (χ3n) is 1.98. The van der Waals surface area contributed by atoms with Crippen molar-refractivity contribution in [2.75, 3.05) is 5.73 Å². The third kappa shape index (κ3) is 1.49. The Hall–Kier alpha value is -1.05. The molecule has 0 radical (unpaired) electrons. The Morgan fingerprint density at radius 3 is 2.86 bits per heavy atom. The number of hydrogen-bond acceptors (Lipinski definition) is 3. The molecule has 14 heavy (non-hydrogen) atoms. The highest BCUT2D eigenvalue weighted by molar-refractivity contribution is 9.08. The highest BCUT2D eigenvalue weighted by Gasteiger charge is 2.05. The molecule has 0 fully saturated rings. The first-order chi connectivity index (χ1) is 6.74. The van der Waals surface area contributed by atoms with Gasteiger partial charge in [-0.2, -0.15) is 5.26 Å². The van der Waals surface area contributed by atoms with Crippen LogP contribution in [0.4, 0.5) is 5.69 Å². The summed E-state index contributed by atoms with van der Waals surface area (Å²) in [5.41, 5.74) is 7.15. The van der Waals surface area contributed by atoms with Gasteiger partial charge >= 0.3 is 0 Å². The van der Waals surface area contributed by atoms with E-state index >= 15 is 0 Å². The topological polar surface area (TPSA) is 49.8 Å². The normalized spacial score (nSPS) is 10.3. The van der Waals surface area contributed by atoms with Gasteiger partial charge in [-0.25, -0.2) is 0 Å². The Labute approximate surface area is 94.1 Å². The molecule has 2 N–H and O–H groups in total. The van der Waals surface area contributed by atoms with Crippen LogP contribution in [0.5, 0.6) is 0 Å². The maximum absolute atomic E-state index is 8.78. The second-order valence-corrected chi connectivity index (χ2v) is 4.66. The molecule has 0 unspecified atom stereocenters. The van der Waals surface area contributed by atoms with Crippen LogP contribution in [-0.2, 0) is 5.33 Å². The number of rotatable bonds is 1. The quantitative estimate of drug-likeness (QED) is 0.637. The van der Waals surface area contributed by atoms with Crippen molar-refractivity contribution in [1.82, 2.24) is 0 Å². The number of alkyl halides is 1. The number of hydrogen-bond donors (Lipinski definition) is 1. The molecular formula is C10H7BrN2S. The van der Waals surface area contributed by atoms with Crippen LogP contribution in [0.3, 0.4) is 0 Å². The van der Waals surface area contributed by atoms with E-state index in [1.165, 1.54) is 4.88 Å². The molecule has 0 saturated carbocycles. The Morgan fingerprint density at radius 1 is 1.43 bits per heavy atom. The van der Waals surface area contributed by atoms with Gasteiger partial charge in [0, 0.05) is 26.0 Å². The van der Waals surface area contributed by atoms with Crippen LogP contribution in [0.1, 0.15) is 10.4 Å². The fourth-order valence-electron chi connectivity index (χ4n) is 1.35. The SMILES string of the molecule is N#Cc1cc(N)c2cc(CBr)sc2c1. The molecule has 4 heteroatoms. The molecule has 0 amide bonds. The molecule has 0 aliphatic carbocycles. The van der Waals surface area contributed by atoms with Crippen molar-refractivity contribution in [3.8, 4) is 6.07 Å². The van der Waals surface area contributed by atoms with Gasteiger partial charge in [-0.1, -0.05) is 15.9 Å².